The first kappa shape index (κ1) is 13.4. The summed E-state index contributed by atoms with van der Waals surface area (Å²) in [5.74, 6) is 0.780. The van der Waals surface area contributed by atoms with Crippen molar-refractivity contribution in [3.63, 3.8) is 0 Å². The third-order valence-electron chi connectivity index (χ3n) is 3.40. The molecule has 0 unspecified atom stereocenters. The number of ether oxygens (including phenoxy) is 1. The molecule has 3 rings (SSSR count). The molecule has 5 heteroatoms. The van der Waals surface area contributed by atoms with Gasteiger partial charge in [-0.2, -0.15) is 0 Å². The Hall–Kier alpha value is -1.62. The quantitative estimate of drug-likeness (QED) is 0.858. The fraction of sp³-hybridized carbons (Fsp3) is 0.333. The van der Waals surface area contributed by atoms with Crippen LogP contribution in [0.4, 0.5) is 0 Å². The zero-order chi connectivity index (χ0) is 14.3. The molecule has 104 valence electrons. The average molecular weight is 335 g/mol. The van der Waals surface area contributed by atoms with Crippen molar-refractivity contribution in [1.29, 1.82) is 0 Å². The van der Waals surface area contributed by atoms with Crippen LogP contribution in [0.25, 0.3) is 0 Å². The van der Waals surface area contributed by atoms with Crippen molar-refractivity contribution < 1.29 is 4.74 Å². The van der Waals surface area contributed by atoms with E-state index < -0.39 is 0 Å². The summed E-state index contributed by atoms with van der Waals surface area (Å²) in [6.07, 6.45) is 5.46. The van der Waals surface area contributed by atoms with Crippen LogP contribution in [0.2, 0.25) is 0 Å². The van der Waals surface area contributed by atoms with Gasteiger partial charge in [0.15, 0.2) is 0 Å². The Labute approximate surface area is 125 Å². The standard InChI is InChI=1S/C15H15BrN2O2/c1-9-7-12(8-10(2)13(9)16)20-14-15(19)18(6-5-17-14)11-3-4-11/h5-8,11H,3-4H2,1-2H3. The first-order valence-electron chi connectivity index (χ1n) is 6.58. The molecule has 0 saturated heterocycles. The summed E-state index contributed by atoms with van der Waals surface area (Å²) in [4.78, 5) is 16.3. The van der Waals surface area contributed by atoms with E-state index in [4.69, 9.17) is 4.74 Å². The summed E-state index contributed by atoms with van der Waals surface area (Å²) in [6, 6.07) is 4.11. The number of nitrogens with zero attached hydrogens (tertiary/aromatic N) is 2. The lowest BCUT2D eigenvalue weighted by Gasteiger charge is -2.10. The zero-order valence-corrected chi connectivity index (χ0v) is 13.0. The summed E-state index contributed by atoms with van der Waals surface area (Å²) in [5.41, 5.74) is 1.98. The smallest absolute Gasteiger partial charge is 0.313 e. The van der Waals surface area contributed by atoms with Gasteiger partial charge in [0.2, 0.25) is 0 Å². The molecule has 4 nitrogen and oxygen atoms in total. The van der Waals surface area contributed by atoms with Crippen molar-refractivity contribution in [2.24, 2.45) is 0 Å². The molecule has 1 aliphatic carbocycles. The van der Waals surface area contributed by atoms with Crippen molar-refractivity contribution in [1.82, 2.24) is 9.55 Å². The molecule has 1 aromatic carbocycles. The highest BCUT2D eigenvalue weighted by Crippen LogP contribution is 2.33. The predicted octanol–water partition coefficient (Wildman–Crippen LogP) is 3.75. The predicted molar refractivity (Wildman–Crippen MR) is 80.5 cm³/mol. The van der Waals surface area contributed by atoms with Crippen molar-refractivity contribution in [3.05, 3.63) is 50.5 Å². The van der Waals surface area contributed by atoms with Gasteiger partial charge >= 0.3 is 5.56 Å². The van der Waals surface area contributed by atoms with Crippen LogP contribution in [0, 0.1) is 13.8 Å². The van der Waals surface area contributed by atoms with Gasteiger partial charge in [-0.25, -0.2) is 4.98 Å². The first-order valence-corrected chi connectivity index (χ1v) is 7.37. The van der Waals surface area contributed by atoms with Crippen molar-refractivity contribution >= 4 is 15.9 Å². The molecule has 1 aliphatic rings. The summed E-state index contributed by atoms with van der Waals surface area (Å²) in [6.45, 7) is 3.98. The molecule has 0 N–H and O–H groups in total. The van der Waals surface area contributed by atoms with Gasteiger partial charge < -0.3 is 9.30 Å². The van der Waals surface area contributed by atoms with Crippen LogP contribution in [0.1, 0.15) is 30.0 Å². The lowest BCUT2D eigenvalue weighted by Crippen LogP contribution is -2.20. The van der Waals surface area contributed by atoms with Crippen LogP contribution in [0.15, 0.2) is 33.8 Å². The maximum absolute atomic E-state index is 12.3. The molecule has 1 aromatic heterocycles. The normalized spacial score (nSPS) is 14.3. The van der Waals surface area contributed by atoms with E-state index in [0.717, 1.165) is 28.4 Å². The van der Waals surface area contributed by atoms with E-state index >= 15 is 0 Å². The number of rotatable bonds is 3. The van der Waals surface area contributed by atoms with E-state index in [2.05, 4.69) is 20.9 Å². The van der Waals surface area contributed by atoms with Crippen LogP contribution in [-0.4, -0.2) is 9.55 Å². The molecule has 0 aliphatic heterocycles. The third-order valence-corrected chi connectivity index (χ3v) is 4.65. The van der Waals surface area contributed by atoms with E-state index in [0.29, 0.717) is 11.8 Å². The Morgan fingerprint density at radius 3 is 2.55 bits per heavy atom. The number of hydrogen-bond donors (Lipinski definition) is 0. The lowest BCUT2D eigenvalue weighted by atomic mass is 10.1. The van der Waals surface area contributed by atoms with Gasteiger partial charge in [-0.3, -0.25) is 4.79 Å². The third kappa shape index (κ3) is 2.50. The molecule has 1 saturated carbocycles. The highest BCUT2D eigenvalue weighted by molar-refractivity contribution is 9.10. The number of benzene rings is 1. The summed E-state index contributed by atoms with van der Waals surface area (Å²) >= 11 is 3.52. The molecule has 0 amide bonds. The second kappa shape index (κ2) is 5.05. The van der Waals surface area contributed by atoms with Crippen molar-refractivity contribution in [2.45, 2.75) is 32.7 Å². The second-order valence-electron chi connectivity index (χ2n) is 5.15. The average Bonchev–Trinajstić information content (AvgIpc) is 3.23. The molecule has 0 bridgehead atoms. The van der Waals surface area contributed by atoms with Gasteiger partial charge in [-0.05, 0) is 49.9 Å². The summed E-state index contributed by atoms with van der Waals surface area (Å²) in [5, 5.41) is 0. The van der Waals surface area contributed by atoms with Gasteiger partial charge in [-0.15, -0.1) is 0 Å². The number of halogens is 1. The van der Waals surface area contributed by atoms with Gasteiger partial charge in [0, 0.05) is 22.9 Å². The van der Waals surface area contributed by atoms with E-state index in [1.807, 2.05) is 26.0 Å². The molecule has 0 atom stereocenters. The highest BCUT2D eigenvalue weighted by atomic mass is 79.9. The summed E-state index contributed by atoms with van der Waals surface area (Å²) < 4.78 is 8.45. The van der Waals surface area contributed by atoms with Crippen LogP contribution in [0.3, 0.4) is 0 Å². The Balaban J connectivity index is 1.95. The molecule has 1 heterocycles. The number of hydrogen-bond acceptors (Lipinski definition) is 3. The minimum Gasteiger partial charge on any atom is -0.435 e. The van der Waals surface area contributed by atoms with Crippen molar-refractivity contribution in [3.8, 4) is 11.6 Å². The fourth-order valence-corrected chi connectivity index (χ4v) is 2.42. The van der Waals surface area contributed by atoms with Crippen LogP contribution >= 0.6 is 15.9 Å². The van der Waals surface area contributed by atoms with Gasteiger partial charge in [0.05, 0.1) is 0 Å². The summed E-state index contributed by atoms with van der Waals surface area (Å²) in [7, 11) is 0. The Morgan fingerprint density at radius 2 is 1.95 bits per heavy atom. The lowest BCUT2D eigenvalue weighted by molar-refractivity contribution is 0.444. The monoisotopic (exact) mass is 334 g/mol. The van der Waals surface area contributed by atoms with E-state index in [-0.39, 0.29) is 11.4 Å². The Kier molecular flexibility index (Phi) is 3.38. The second-order valence-corrected chi connectivity index (χ2v) is 5.94. The largest absolute Gasteiger partial charge is 0.435 e. The minimum absolute atomic E-state index is 0.139. The minimum atomic E-state index is -0.159. The van der Waals surface area contributed by atoms with E-state index in [1.165, 1.54) is 0 Å². The molecule has 2 aromatic rings. The van der Waals surface area contributed by atoms with Crippen LogP contribution < -0.4 is 10.3 Å². The topological polar surface area (TPSA) is 44.1 Å². The fourth-order valence-electron chi connectivity index (χ4n) is 2.19. The van der Waals surface area contributed by atoms with E-state index in [9.17, 15) is 4.79 Å². The molecule has 1 fully saturated rings. The number of aryl methyl sites for hydroxylation is 2. The van der Waals surface area contributed by atoms with Gasteiger partial charge in [-0.1, -0.05) is 15.9 Å². The highest BCUT2D eigenvalue weighted by Gasteiger charge is 2.25. The molecule has 20 heavy (non-hydrogen) atoms. The van der Waals surface area contributed by atoms with Crippen LogP contribution in [-0.2, 0) is 0 Å². The van der Waals surface area contributed by atoms with E-state index in [1.54, 1.807) is 17.0 Å². The molecule has 0 radical (unpaired) electrons. The number of aromatic nitrogens is 2. The molecular formula is C15H15BrN2O2. The van der Waals surface area contributed by atoms with Gasteiger partial charge in [0.25, 0.3) is 5.88 Å². The maximum atomic E-state index is 12.3. The maximum Gasteiger partial charge on any atom is 0.313 e. The Bertz CT molecular complexity index is 697. The SMILES string of the molecule is Cc1cc(Oc2nccn(C3CC3)c2=O)cc(C)c1Br. The Morgan fingerprint density at radius 1 is 1.30 bits per heavy atom. The van der Waals surface area contributed by atoms with Crippen molar-refractivity contribution in [2.75, 3.05) is 0 Å². The first-order chi connectivity index (χ1) is 9.56. The molecule has 0 spiro atoms. The zero-order valence-electron chi connectivity index (χ0n) is 11.4. The van der Waals surface area contributed by atoms with Gasteiger partial charge in [0.1, 0.15) is 5.75 Å². The molecular weight excluding hydrogens is 320 g/mol. The van der Waals surface area contributed by atoms with Crippen LogP contribution in [0.5, 0.6) is 11.6 Å².